The van der Waals surface area contributed by atoms with E-state index in [4.69, 9.17) is 38.1 Å². The molecule has 2 aromatic carbocycles. The molecular formula is C24H19ClN4O2S2. The summed E-state index contributed by atoms with van der Waals surface area (Å²) < 4.78 is 11.1. The molecule has 1 unspecified atom stereocenters. The second-order valence-corrected chi connectivity index (χ2v) is 9.14. The zero-order valence-electron chi connectivity index (χ0n) is 17.8. The Labute approximate surface area is 205 Å². The molecule has 5 rings (SSSR count). The van der Waals surface area contributed by atoms with Gasteiger partial charge in [0.1, 0.15) is 5.75 Å². The first-order valence-corrected chi connectivity index (χ1v) is 11.8. The minimum Gasteiger partial charge on any atom is -0.497 e. The number of nitrogens with one attached hydrogen (secondary N) is 1. The van der Waals surface area contributed by atoms with Crippen LogP contribution in [0.1, 0.15) is 24.4 Å². The topological polar surface area (TPSA) is 63.4 Å². The van der Waals surface area contributed by atoms with Crippen LogP contribution in [0.25, 0.3) is 16.3 Å². The van der Waals surface area contributed by atoms with Gasteiger partial charge < -0.3 is 14.6 Å². The van der Waals surface area contributed by atoms with Crippen molar-refractivity contribution in [1.29, 1.82) is 0 Å². The normalized spacial score (nSPS) is 16.2. The van der Waals surface area contributed by atoms with E-state index in [9.17, 15) is 0 Å². The zero-order chi connectivity index (χ0) is 22.9. The third-order valence-electron chi connectivity index (χ3n) is 5.42. The second-order valence-electron chi connectivity index (χ2n) is 7.37. The predicted octanol–water partition coefficient (Wildman–Crippen LogP) is 6.33. The molecule has 0 bridgehead atoms. The summed E-state index contributed by atoms with van der Waals surface area (Å²) in [7, 11) is 1.65. The quantitative estimate of drug-likeness (QED) is 0.325. The molecule has 0 spiro atoms. The van der Waals surface area contributed by atoms with E-state index >= 15 is 0 Å². The smallest absolute Gasteiger partial charge is 0.258 e. The minimum absolute atomic E-state index is 0.274. The molecule has 1 aliphatic rings. The second kappa shape index (κ2) is 8.97. The first kappa shape index (κ1) is 21.6. The summed E-state index contributed by atoms with van der Waals surface area (Å²) in [6.07, 6.45) is 0. The number of hydrogen-bond donors (Lipinski definition) is 1. The maximum atomic E-state index is 6.11. The molecule has 0 radical (unpaired) electrons. The van der Waals surface area contributed by atoms with E-state index in [1.807, 2.05) is 77.9 Å². The van der Waals surface area contributed by atoms with Crippen LogP contribution in [0.4, 0.5) is 5.69 Å². The van der Waals surface area contributed by atoms with Crippen molar-refractivity contribution in [2.45, 2.75) is 13.0 Å². The van der Waals surface area contributed by atoms with E-state index in [0.717, 1.165) is 33.1 Å². The molecule has 0 fully saturated rings. The van der Waals surface area contributed by atoms with Gasteiger partial charge in [0.2, 0.25) is 5.82 Å². The van der Waals surface area contributed by atoms with Crippen molar-refractivity contribution in [1.82, 2.24) is 15.5 Å². The lowest BCUT2D eigenvalue weighted by Gasteiger charge is -2.37. The van der Waals surface area contributed by atoms with E-state index in [0.29, 0.717) is 21.9 Å². The van der Waals surface area contributed by atoms with Crippen LogP contribution in [0.5, 0.6) is 5.75 Å². The lowest BCUT2D eigenvalue weighted by Crippen LogP contribution is -2.46. The van der Waals surface area contributed by atoms with Gasteiger partial charge in [0.25, 0.3) is 5.89 Å². The van der Waals surface area contributed by atoms with Gasteiger partial charge in [-0.25, -0.2) is 0 Å². The van der Waals surface area contributed by atoms with Crippen LogP contribution >= 0.6 is 35.2 Å². The summed E-state index contributed by atoms with van der Waals surface area (Å²) in [6, 6.07) is 19.0. The number of aromatic nitrogens is 2. The largest absolute Gasteiger partial charge is 0.497 e. The average Bonchev–Trinajstić information content (AvgIpc) is 3.52. The Morgan fingerprint density at radius 1 is 1.12 bits per heavy atom. The third-order valence-corrected chi connectivity index (χ3v) is 6.83. The van der Waals surface area contributed by atoms with Gasteiger partial charge in [-0.1, -0.05) is 35.0 Å². The van der Waals surface area contributed by atoms with Crippen molar-refractivity contribution in [2.75, 3.05) is 12.0 Å². The van der Waals surface area contributed by atoms with Crippen molar-refractivity contribution in [2.24, 2.45) is 0 Å². The van der Waals surface area contributed by atoms with Gasteiger partial charge in [0.15, 0.2) is 5.11 Å². The summed E-state index contributed by atoms with van der Waals surface area (Å²) >= 11 is 13.4. The molecular weight excluding hydrogens is 476 g/mol. The summed E-state index contributed by atoms with van der Waals surface area (Å²) in [5, 5.41) is 10.9. The Hall–Kier alpha value is -3.20. The van der Waals surface area contributed by atoms with Crippen LogP contribution in [0, 0.1) is 0 Å². The Bertz CT molecular complexity index is 1320. The fourth-order valence-corrected chi connectivity index (χ4v) is 4.94. The Kier molecular flexibility index (Phi) is 5.88. The van der Waals surface area contributed by atoms with Crippen molar-refractivity contribution in [3.63, 3.8) is 0 Å². The number of halogens is 1. The fraction of sp³-hybridized carbons (Fsp3) is 0.125. The molecule has 33 heavy (non-hydrogen) atoms. The molecule has 0 saturated heterocycles. The molecule has 9 heteroatoms. The van der Waals surface area contributed by atoms with Gasteiger partial charge in [0, 0.05) is 16.4 Å². The van der Waals surface area contributed by atoms with Gasteiger partial charge in [-0.15, -0.1) is 11.3 Å². The minimum atomic E-state index is -0.274. The number of methoxy groups -OCH3 is 1. The highest BCUT2D eigenvalue weighted by Crippen LogP contribution is 2.40. The summed E-state index contributed by atoms with van der Waals surface area (Å²) in [5.41, 5.74) is 3.62. The average molecular weight is 495 g/mol. The molecule has 0 aliphatic carbocycles. The van der Waals surface area contributed by atoms with Crippen molar-refractivity contribution < 1.29 is 9.26 Å². The van der Waals surface area contributed by atoms with Crippen LogP contribution < -0.4 is 15.0 Å². The van der Waals surface area contributed by atoms with Crippen molar-refractivity contribution in [3.8, 4) is 16.5 Å². The number of hydrogen-bond acceptors (Lipinski definition) is 6. The fourth-order valence-electron chi connectivity index (χ4n) is 3.81. The van der Waals surface area contributed by atoms with Gasteiger partial charge in [-0.3, -0.25) is 4.90 Å². The lowest BCUT2D eigenvalue weighted by atomic mass is 9.94. The molecule has 1 atom stereocenters. The van der Waals surface area contributed by atoms with Crippen molar-refractivity contribution >= 4 is 51.5 Å². The van der Waals surface area contributed by atoms with Crippen LogP contribution in [0.3, 0.4) is 0 Å². The van der Waals surface area contributed by atoms with E-state index in [1.165, 1.54) is 0 Å². The van der Waals surface area contributed by atoms with Crippen LogP contribution in [0.15, 0.2) is 76.3 Å². The highest BCUT2D eigenvalue weighted by atomic mass is 35.5. The predicted molar refractivity (Wildman–Crippen MR) is 136 cm³/mol. The lowest BCUT2D eigenvalue weighted by molar-refractivity contribution is 0.404. The van der Waals surface area contributed by atoms with E-state index in [-0.39, 0.29) is 6.04 Å². The number of anilines is 1. The summed E-state index contributed by atoms with van der Waals surface area (Å²) in [5.74, 6) is 1.77. The van der Waals surface area contributed by atoms with Crippen LogP contribution in [-0.2, 0) is 0 Å². The van der Waals surface area contributed by atoms with Crippen molar-refractivity contribution in [3.05, 3.63) is 88.2 Å². The van der Waals surface area contributed by atoms with Gasteiger partial charge >= 0.3 is 0 Å². The monoisotopic (exact) mass is 494 g/mol. The molecule has 0 amide bonds. The SMILES string of the molecule is COc1ccc(C2NC(=S)N(c3ccc(Cl)cc3)C(C)=C2c2nc(-c3cccs3)no2)cc1. The number of benzene rings is 2. The number of rotatable bonds is 5. The van der Waals surface area contributed by atoms with E-state index in [2.05, 4.69) is 10.5 Å². The number of allylic oxidation sites excluding steroid dienone is 1. The number of thiophene rings is 1. The van der Waals surface area contributed by atoms with Gasteiger partial charge in [-0.05, 0) is 72.5 Å². The third kappa shape index (κ3) is 4.13. The summed E-state index contributed by atoms with van der Waals surface area (Å²) in [4.78, 5) is 7.62. The summed E-state index contributed by atoms with van der Waals surface area (Å²) in [6.45, 7) is 2.00. The molecule has 1 aliphatic heterocycles. The van der Waals surface area contributed by atoms with Gasteiger partial charge in [0.05, 0.1) is 23.6 Å². The first-order chi connectivity index (χ1) is 16.0. The molecule has 2 aromatic heterocycles. The number of nitrogens with zero attached hydrogens (tertiary/aromatic N) is 3. The van der Waals surface area contributed by atoms with Crippen LogP contribution in [-0.4, -0.2) is 22.4 Å². The molecule has 1 N–H and O–H groups in total. The number of thiocarbonyl (C=S) groups is 1. The first-order valence-electron chi connectivity index (χ1n) is 10.1. The van der Waals surface area contributed by atoms with E-state index < -0.39 is 0 Å². The molecule has 166 valence electrons. The maximum Gasteiger partial charge on any atom is 0.258 e. The molecule has 6 nitrogen and oxygen atoms in total. The van der Waals surface area contributed by atoms with Gasteiger partial charge in [-0.2, -0.15) is 4.98 Å². The maximum absolute atomic E-state index is 6.11. The molecule has 4 aromatic rings. The number of ether oxygens (including phenoxy) is 1. The highest BCUT2D eigenvalue weighted by molar-refractivity contribution is 7.80. The van der Waals surface area contributed by atoms with Crippen LogP contribution in [0.2, 0.25) is 5.02 Å². The Morgan fingerprint density at radius 2 is 1.88 bits per heavy atom. The Morgan fingerprint density at radius 3 is 2.55 bits per heavy atom. The molecule has 3 heterocycles. The van der Waals surface area contributed by atoms with E-state index in [1.54, 1.807) is 18.4 Å². The zero-order valence-corrected chi connectivity index (χ0v) is 20.2. The highest BCUT2D eigenvalue weighted by Gasteiger charge is 2.34. The Balaban J connectivity index is 1.64. The standard InChI is InChI=1S/C24H19ClN4O2S2/c1-14-20(23-27-22(28-31-23)19-4-3-13-33-19)21(15-5-11-18(30-2)12-6-15)26-24(32)29(14)17-9-7-16(25)8-10-17/h3-13,21H,1-2H3,(H,26,32). The molecule has 0 saturated carbocycles.